The van der Waals surface area contributed by atoms with Gasteiger partial charge in [-0.25, -0.2) is 0 Å². The molecule has 1 heterocycles. The van der Waals surface area contributed by atoms with Gasteiger partial charge in [0.25, 0.3) is 0 Å². The van der Waals surface area contributed by atoms with E-state index >= 15 is 0 Å². The monoisotopic (exact) mass is 243 g/mol. The highest BCUT2D eigenvalue weighted by atomic mass is 32.2. The summed E-state index contributed by atoms with van der Waals surface area (Å²) in [4.78, 5) is 0. The van der Waals surface area contributed by atoms with Crippen LogP contribution in [0.4, 0.5) is 0 Å². The van der Waals surface area contributed by atoms with Crippen LogP contribution in [0.3, 0.4) is 0 Å². The van der Waals surface area contributed by atoms with Crippen molar-refractivity contribution in [3.05, 3.63) is 17.5 Å². The first kappa shape index (κ1) is 13.1. The Labute approximate surface area is 102 Å². The zero-order valence-electron chi connectivity index (χ0n) is 9.82. The summed E-state index contributed by atoms with van der Waals surface area (Å²) >= 11 is 3.81. The van der Waals surface area contributed by atoms with Crippen LogP contribution in [0.25, 0.3) is 0 Å². The first-order valence-corrected chi connectivity index (χ1v) is 7.54. The highest BCUT2D eigenvalue weighted by Gasteiger charge is 2.14. The minimum absolute atomic E-state index is 0.645. The van der Waals surface area contributed by atoms with E-state index in [1.165, 1.54) is 16.4 Å². The van der Waals surface area contributed by atoms with Gasteiger partial charge in [-0.1, -0.05) is 33.3 Å². The van der Waals surface area contributed by atoms with E-state index in [1.807, 2.05) is 23.1 Å². The molecule has 0 aromatic carbocycles. The van der Waals surface area contributed by atoms with Crippen LogP contribution in [0.5, 0.6) is 0 Å². The molecule has 86 valence electrons. The van der Waals surface area contributed by atoms with Gasteiger partial charge in [0.05, 0.1) is 4.21 Å². The molecule has 0 amide bonds. The van der Waals surface area contributed by atoms with Gasteiger partial charge in [-0.05, 0) is 23.9 Å². The van der Waals surface area contributed by atoms with Crippen LogP contribution in [-0.2, 0) is 0 Å². The fourth-order valence-electron chi connectivity index (χ4n) is 1.49. The van der Waals surface area contributed by atoms with Gasteiger partial charge < -0.3 is 5.32 Å². The van der Waals surface area contributed by atoms with E-state index < -0.39 is 0 Å². The second kappa shape index (κ2) is 7.31. The summed E-state index contributed by atoms with van der Waals surface area (Å²) in [5.74, 6) is 1.95. The summed E-state index contributed by atoms with van der Waals surface area (Å²) in [6.07, 6.45) is 1.25. The summed E-state index contributed by atoms with van der Waals surface area (Å²) in [5, 5.41) is 5.73. The zero-order valence-corrected chi connectivity index (χ0v) is 11.5. The summed E-state index contributed by atoms with van der Waals surface area (Å²) in [6, 6.07) is 4.97. The van der Waals surface area contributed by atoms with Gasteiger partial charge >= 0.3 is 0 Å². The molecule has 1 N–H and O–H groups in total. The molecule has 0 saturated heterocycles. The standard InChI is InChI=1S/C12H21NS2/c1-4-10(3)11(13-5-2)9-15-12-7-6-8-14-12/h6-8,10-11,13H,4-5,9H2,1-3H3. The van der Waals surface area contributed by atoms with Crippen molar-refractivity contribution in [1.82, 2.24) is 5.32 Å². The van der Waals surface area contributed by atoms with E-state index in [-0.39, 0.29) is 0 Å². The molecule has 15 heavy (non-hydrogen) atoms. The Morgan fingerprint density at radius 2 is 2.27 bits per heavy atom. The lowest BCUT2D eigenvalue weighted by Crippen LogP contribution is -2.36. The normalized spacial score (nSPS) is 15.1. The molecule has 0 aliphatic rings. The third kappa shape index (κ3) is 4.58. The van der Waals surface area contributed by atoms with Crippen LogP contribution in [0.15, 0.2) is 21.7 Å². The van der Waals surface area contributed by atoms with Crippen molar-refractivity contribution in [3.63, 3.8) is 0 Å². The van der Waals surface area contributed by atoms with Gasteiger partial charge in [-0.15, -0.1) is 23.1 Å². The number of thioether (sulfide) groups is 1. The molecular weight excluding hydrogens is 222 g/mol. The van der Waals surface area contributed by atoms with Crippen LogP contribution >= 0.6 is 23.1 Å². The highest BCUT2D eigenvalue weighted by molar-refractivity contribution is 8.01. The van der Waals surface area contributed by atoms with E-state index in [2.05, 4.69) is 43.6 Å². The average molecular weight is 243 g/mol. The predicted molar refractivity (Wildman–Crippen MR) is 72.0 cm³/mol. The van der Waals surface area contributed by atoms with Gasteiger partial charge in [-0.3, -0.25) is 0 Å². The van der Waals surface area contributed by atoms with E-state index in [1.54, 1.807) is 0 Å². The molecule has 1 aromatic rings. The number of hydrogen-bond donors (Lipinski definition) is 1. The number of hydrogen-bond acceptors (Lipinski definition) is 3. The molecule has 1 nitrogen and oxygen atoms in total. The van der Waals surface area contributed by atoms with Gasteiger partial charge in [0.1, 0.15) is 0 Å². The van der Waals surface area contributed by atoms with Crippen molar-refractivity contribution in [2.45, 2.75) is 37.4 Å². The molecule has 0 saturated carbocycles. The second-order valence-corrected chi connectivity index (χ2v) is 6.06. The largest absolute Gasteiger partial charge is 0.313 e. The molecular formula is C12H21NS2. The lowest BCUT2D eigenvalue weighted by molar-refractivity contribution is 0.404. The maximum atomic E-state index is 3.58. The molecule has 0 aliphatic carbocycles. The highest BCUT2D eigenvalue weighted by Crippen LogP contribution is 2.25. The summed E-state index contributed by atoms with van der Waals surface area (Å²) in [5.41, 5.74) is 0. The Morgan fingerprint density at radius 3 is 2.80 bits per heavy atom. The van der Waals surface area contributed by atoms with Crippen molar-refractivity contribution < 1.29 is 0 Å². The Balaban J connectivity index is 2.37. The summed E-state index contributed by atoms with van der Waals surface area (Å²) < 4.78 is 1.43. The average Bonchev–Trinajstić information content (AvgIpc) is 2.76. The van der Waals surface area contributed by atoms with Gasteiger partial charge in [-0.2, -0.15) is 0 Å². The topological polar surface area (TPSA) is 12.0 Å². The molecule has 2 atom stereocenters. The summed E-state index contributed by atoms with van der Waals surface area (Å²) in [7, 11) is 0. The second-order valence-electron chi connectivity index (χ2n) is 3.79. The summed E-state index contributed by atoms with van der Waals surface area (Å²) in [6.45, 7) is 7.86. The number of nitrogens with one attached hydrogen (secondary N) is 1. The van der Waals surface area contributed by atoms with Crippen LogP contribution in [0.2, 0.25) is 0 Å². The Hall–Kier alpha value is 0.01000. The van der Waals surface area contributed by atoms with E-state index in [0.29, 0.717) is 6.04 Å². The van der Waals surface area contributed by atoms with Crippen molar-refractivity contribution in [2.24, 2.45) is 5.92 Å². The molecule has 0 bridgehead atoms. The number of rotatable bonds is 7. The lowest BCUT2D eigenvalue weighted by Gasteiger charge is -2.23. The lowest BCUT2D eigenvalue weighted by atomic mass is 10.0. The van der Waals surface area contributed by atoms with Gasteiger partial charge in [0.2, 0.25) is 0 Å². The van der Waals surface area contributed by atoms with Gasteiger partial charge in [0.15, 0.2) is 0 Å². The van der Waals surface area contributed by atoms with Crippen molar-refractivity contribution in [1.29, 1.82) is 0 Å². The van der Waals surface area contributed by atoms with Crippen LogP contribution in [0.1, 0.15) is 27.2 Å². The third-order valence-electron chi connectivity index (χ3n) is 2.70. The molecule has 0 spiro atoms. The van der Waals surface area contributed by atoms with Crippen molar-refractivity contribution in [2.75, 3.05) is 12.3 Å². The Bertz CT molecular complexity index is 246. The van der Waals surface area contributed by atoms with Gasteiger partial charge in [0, 0.05) is 11.8 Å². The van der Waals surface area contributed by atoms with Crippen molar-refractivity contribution in [3.8, 4) is 0 Å². The zero-order chi connectivity index (χ0) is 11.1. The Morgan fingerprint density at radius 1 is 1.47 bits per heavy atom. The maximum Gasteiger partial charge on any atom is 0.0599 e. The quantitative estimate of drug-likeness (QED) is 0.730. The number of thiophene rings is 1. The first-order valence-electron chi connectivity index (χ1n) is 5.67. The molecule has 0 radical (unpaired) electrons. The van der Waals surface area contributed by atoms with Crippen molar-refractivity contribution >= 4 is 23.1 Å². The third-order valence-corrected chi connectivity index (χ3v) is 4.95. The minimum Gasteiger partial charge on any atom is -0.313 e. The SMILES string of the molecule is CCNC(CSc1cccs1)C(C)CC. The molecule has 1 rings (SSSR count). The fraction of sp³-hybridized carbons (Fsp3) is 0.667. The Kier molecular flexibility index (Phi) is 6.37. The van der Waals surface area contributed by atoms with E-state index in [0.717, 1.165) is 12.5 Å². The van der Waals surface area contributed by atoms with Crippen LogP contribution < -0.4 is 5.32 Å². The van der Waals surface area contributed by atoms with Crippen LogP contribution in [0, 0.1) is 5.92 Å². The van der Waals surface area contributed by atoms with Crippen LogP contribution in [-0.4, -0.2) is 18.3 Å². The maximum absolute atomic E-state index is 3.58. The minimum atomic E-state index is 0.645. The molecule has 3 heteroatoms. The predicted octanol–water partition coefficient (Wildman–Crippen LogP) is 3.86. The molecule has 2 unspecified atom stereocenters. The molecule has 0 fully saturated rings. The first-order chi connectivity index (χ1) is 7.27. The molecule has 1 aromatic heterocycles. The smallest absolute Gasteiger partial charge is 0.0599 e. The van der Waals surface area contributed by atoms with E-state index in [4.69, 9.17) is 0 Å². The fourth-order valence-corrected chi connectivity index (χ4v) is 3.54. The molecule has 0 aliphatic heterocycles. The van der Waals surface area contributed by atoms with E-state index in [9.17, 15) is 0 Å².